The van der Waals surface area contributed by atoms with Gasteiger partial charge in [0.15, 0.2) is 0 Å². The van der Waals surface area contributed by atoms with Crippen LogP contribution in [0.1, 0.15) is 37.9 Å². The Hall–Kier alpha value is -1.86. The van der Waals surface area contributed by atoms with Gasteiger partial charge in [-0.15, -0.1) is 0 Å². The molecular formula is C22H33N3O3. The third-order valence-electron chi connectivity index (χ3n) is 4.67. The highest BCUT2D eigenvalue weighted by Crippen LogP contribution is 2.15. The van der Waals surface area contributed by atoms with Crippen LogP contribution in [0.25, 0.3) is 0 Å². The van der Waals surface area contributed by atoms with Crippen LogP contribution in [0, 0.1) is 0 Å². The largest absolute Gasteiger partial charge is 0.389 e. The van der Waals surface area contributed by atoms with Gasteiger partial charge in [-0.2, -0.15) is 0 Å². The summed E-state index contributed by atoms with van der Waals surface area (Å²) in [4.78, 5) is 10.7. The molecule has 6 heteroatoms. The highest BCUT2D eigenvalue weighted by molar-refractivity contribution is 5.10. The fourth-order valence-electron chi connectivity index (χ4n) is 2.92. The maximum atomic E-state index is 10.5. The molecule has 2 rings (SSSR count). The monoisotopic (exact) mass is 387 g/mol. The van der Waals surface area contributed by atoms with Crippen molar-refractivity contribution in [2.24, 2.45) is 0 Å². The van der Waals surface area contributed by atoms with Crippen LogP contribution in [0.2, 0.25) is 0 Å². The first-order valence-electron chi connectivity index (χ1n) is 9.80. The molecule has 154 valence electrons. The Morgan fingerprint density at radius 3 is 2.57 bits per heavy atom. The van der Waals surface area contributed by atoms with Crippen LogP contribution in [-0.2, 0) is 22.6 Å². The highest BCUT2D eigenvalue weighted by atomic mass is 16.5. The zero-order chi connectivity index (χ0) is 20.2. The van der Waals surface area contributed by atoms with Crippen LogP contribution in [-0.4, -0.2) is 58.5 Å². The van der Waals surface area contributed by atoms with Crippen molar-refractivity contribution in [2.45, 2.75) is 51.5 Å². The molecule has 1 atom stereocenters. The molecule has 0 aliphatic rings. The number of nitrogens with zero attached hydrogens (tertiary/aromatic N) is 3. The molecular weight excluding hydrogens is 354 g/mol. The quantitative estimate of drug-likeness (QED) is 0.533. The lowest BCUT2D eigenvalue weighted by Crippen LogP contribution is -2.34. The molecule has 1 N–H and O–H groups in total. The lowest BCUT2D eigenvalue weighted by molar-refractivity contribution is -0.00891. The summed E-state index contributed by atoms with van der Waals surface area (Å²) in [6.45, 7) is 6.98. The van der Waals surface area contributed by atoms with E-state index in [9.17, 15) is 5.11 Å². The summed E-state index contributed by atoms with van der Waals surface area (Å²) < 4.78 is 11.1. The first-order valence-corrected chi connectivity index (χ1v) is 9.80. The van der Waals surface area contributed by atoms with Crippen LogP contribution in [0.5, 0.6) is 0 Å². The predicted molar refractivity (Wildman–Crippen MR) is 110 cm³/mol. The standard InChI is InChI=1S/C22H33N3O3/c1-22(2,27-3)10-6-14-28-18-21(26)17-25(15-19-8-12-23-13-9-19)16-20-7-4-5-11-24-20/h4-5,7-9,11-13,21,26H,6,10,14-18H2,1-3H3. The van der Waals surface area contributed by atoms with Crippen molar-refractivity contribution in [2.75, 3.05) is 26.9 Å². The Morgan fingerprint density at radius 1 is 1.11 bits per heavy atom. The van der Waals surface area contributed by atoms with E-state index in [1.807, 2.05) is 30.3 Å². The number of hydrogen-bond acceptors (Lipinski definition) is 6. The van der Waals surface area contributed by atoms with E-state index in [1.165, 1.54) is 0 Å². The number of methoxy groups -OCH3 is 1. The zero-order valence-corrected chi connectivity index (χ0v) is 17.3. The van der Waals surface area contributed by atoms with Gasteiger partial charge in [-0.05, 0) is 56.5 Å². The number of hydrogen-bond donors (Lipinski definition) is 1. The third kappa shape index (κ3) is 8.89. The number of aromatic nitrogens is 2. The molecule has 0 radical (unpaired) electrons. The van der Waals surface area contributed by atoms with E-state index in [4.69, 9.17) is 9.47 Å². The van der Waals surface area contributed by atoms with Crippen molar-refractivity contribution in [1.29, 1.82) is 0 Å². The molecule has 6 nitrogen and oxygen atoms in total. The lowest BCUT2D eigenvalue weighted by atomic mass is 10.0. The van der Waals surface area contributed by atoms with E-state index in [-0.39, 0.29) is 5.60 Å². The summed E-state index contributed by atoms with van der Waals surface area (Å²) in [6, 6.07) is 9.87. The van der Waals surface area contributed by atoms with Crippen LogP contribution < -0.4 is 0 Å². The molecule has 0 aliphatic heterocycles. The average molecular weight is 388 g/mol. The van der Waals surface area contributed by atoms with E-state index in [2.05, 4.69) is 28.7 Å². The minimum atomic E-state index is -0.555. The van der Waals surface area contributed by atoms with E-state index < -0.39 is 6.10 Å². The van der Waals surface area contributed by atoms with Gasteiger partial charge < -0.3 is 14.6 Å². The molecule has 28 heavy (non-hydrogen) atoms. The summed E-state index contributed by atoms with van der Waals surface area (Å²) in [5.41, 5.74) is 2.00. The summed E-state index contributed by atoms with van der Waals surface area (Å²) in [7, 11) is 1.73. The maximum Gasteiger partial charge on any atom is 0.0900 e. The second-order valence-corrected chi connectivity index (χ2v) is 7.64. The Balaban J connectivity index is 1.81. The van der Waals surface area contributed by atoms with Crippen molar-refractivity contribution in [3.05, 3.63) is 60.2 Å². The minimum absolute atomic E-state index is 0.133. The molecule has 0 aromatic carbocycles. The second-order valence-electron chi connectivity index (χ2n) is 7.64. The van der Waals surface area contributed by atoms with Crippen LogP contribution in [0.3, 0.4) is 0 Å². The molecule has 0 aliphatic carbocycles. The molecule has 2 aromatic rings. The van der Waals surface area contributed by atoms with E-state index in [1.54, 1.807) is 25.7 Å². The average Bonchev–Trinajstić information content (AvgIpc) is 2.69. The van der Waals surface area contributed by atoms with Gasteiger partial charge in [0.05, 0.1) is 24.0 Å². The van der Waals surface area contributed by atoms with Gasteiger partial charge >= 0.3 is 0 Å². The Labute approximate surface area is 168 Å². The van der Waals surface area contributed by atoms with Gasteiger partial charge in [0.25, 0.3) is 0 Å². The van der Waals surface area contributed by atoms with Crippen LogP contribution in [0.15, 0.2) is 48.9 Å². The SMILES string of the molecule is COC(C)(C)CCCOCC(O)CN(Cc1ccncc1)Cc1ccccn1. The van der Waals surface area contributed by atoms with Gasteiger partial charge in [-0.3, -0.25) is 14.9 Å². The van der Waals surface area contributed by atoms with E-state index >= 15 is 0 Å². The Kier molecular flexibility index (Phi) is 9.50. The van der Waals surface area contributed by atoms with Crippen molar-refractivity contribution >= 4 is 0 Å². The second kappa shape index (κ2) is 11.9. The van der Waals surface area contributed by atoms with Gasteiger partial charge in [-0.1, -0.05) is 6.07 Å². The molecule has 0 spiro atoms. The van der Waals surface area contributed by atoms with Gasteiger partial charge in [-0.25, -0.2) is 0 Å². The van der Waals surface area contributed by atoms with Gasteiger partial charge in [0, 0.05) is 51.9 Å². The molecule has 2 heterocycles. The number of aliphatic hydroxyl groups is 1. The van der Waals surface area contributed by atoms with Crippen LogP contribution >= 0.6 is 0 Å². The normalized spacial score (nSPS) is 13.0. The van der Waals surface area contributed by atoms with Gasteiger partial charge in [0.1, 0.15) is 0 Å². The van der Waals surface area contributed by atoms with Crippen molar-refractivity contribution in [3.8, 4) is 0 Å². The summed E-state index contributed by atoms with van der Waals surface area (Å²) >= 11 is 0. The summed E-state index contributed by atoms with van der Waals surface area (Å²) in [5.74, 6) is 0. The first kappa shape index (κ1) is 22.4. The van der Waals surface area contributed by atoms with Gasteiger partial charge in [0.2, 0.25) is 0 Å². The van der Waals surface area contributed by atoms with Crippen LogP contribution in [0.4, 0.5) is 0 Å². The Morgan fingerprint density at radius 2 is 1.89 bits per heavy atom. The predicted octanol–water partition coefficient (Wildman–Crippen LogP) is 3.06. The number of pyridine rings is 2. The minimum Gasteiger partial charge on any atom is -0.389 e. The van der Waals surface area contributed by atoms with E-state index in [0.29, 0.717) is 26.3 Å². The smallest absolute Gasteiger partial charge is 0.0900 e. The fourth-order valence-corrected chi connectivity index (χ4v) is 2.92. The molecule has 0 saturated heterocycles. The topological polar surface area (TPSA) is 67.7 Å². The number of ether oxygens (including phenoxy) is 2. The molecule has 2 aromatic heterocycles. The summed E-state index contributed by atoms with van der Waals surface area (Å²) in [5, 5.41) is 10.5. The molecule has 0 fully saturated rings. The Bertz CT molecular complexity index is 611. The van der Waals surface area contributed by atoms with E-state index in [0.717, 1.165) is 30.6 Å². The first-order chi connectivity index (χ1) is 13.5. The molecule has 1 unspecified atom stereocenters. The lowest BCUT2D eigenvalue weighted by Gasteiger charge is -2.25. The third-order valence-corrected chi connectivity index (χ3v) is 4.67. The molecule has 0 saturated carbocycles. The van der Waals surface area contributed by atoms with Crippen molar-refractivity contribution < 1.29 is 14.6 Å². The van der Waals surface area contributed by atoms with Crippen molar-refractivity contribution in [3.63, 3.8) is 0 Å². The number of rotatable bonds is 13. The molecule has 0 bridgehead atoms. The van der Waals surface area contributed by atoms with Crippen molar-refractivity contribution in [1.82, 2.24) is 14.9 Å². The fraction of sp³-hybridized carbons (Fsp3) is 0.545. The maximum absolute atomic E-state index is 10.5. The highest BCUT2D eigenvalue weighted by Gasteiger charge is 2.16. The number of aliphatic hydroxyl groups excluding tert-OH is 1. The summed E-state index contributed by atoms with van der Waals surface area (Å²) in [6.07, 6.45) is 6.64. The zero-order valence-electron chi connectivity index (χ0n) is 17.3. The molecule has 0 amide bonds.